The molecule has 0 saturated heterocycles. The van der Waals surface area contributed by atoms with Crippen molar-refractivity contribution in [2.45, 2.75) is 26.3 Å². The Balaban J connectivity index is 2.30. The predicted molar refractivity (Wildman–Crippen MR) is 80.8 cm³/mol. The van der Waals surface area contributed by atoms with Crippen LogP contribution in [0.15, 0.2) is 24.3 Å². The average molecular weight is 282 g/mol. The molecule has 0 radical (unpaired) electrons. The molecule has 0 aliphatic rings. The Morgan fingerprint density at radius 2 is 2.16 bits per heavy atom. The van der Waals surface area contributed by atoms with Gasteiger partial charge in [-0.05, 0) is 38.0 Å². The van der Waals surface area contributed by atoms with Crippen LogP contribution in [0.4, 0.5) is 5.69 Å². The zero-order chi connectivity index (χ0) is 14.3. The summed E-state index contributed by atoms with van der Waals surface area (Å²) >= 11 is 0. The van der Waals surface area contributed by atoms with Gasteiger partial charge >= 0.3 is 0 Å². The van der Waals surface area contributed by atoms with Gasteiger partial charge in [0.25, 0.3) is 0 Å². The van der Waals surface area contributed by atoms with Crippen LogP contribution in [0, 0.1) is 6.92 Å². The maximum atomic E-state index is 11.7. The molecule has 1 aromatic carbocycles. The molecule has 0 bridgehead atoms. The second kappa shape index (κ2) is 8.07. The highest BCUT2D eigenvalue weighted by molar-refractivity contribution is 7.84. The summed E-state index contributed by atoms with van der Waals surface area (Å²) in [4.78, 5) is 11.7. The molecule has 5 heteroatoms. The Bertz CT molecular complexity index is 449. The van der Waals surface area contributed by atoms with Crippen LogP contribution in [0.25, 0.3) is 0 Å². The van der Waals surface area contributed by atoms with E-state index in [0.29, 0.717) is 5.75 Å². The molecule has 0 fully saturated rings. The minimum Gasteiger partial charge on any atom is -0.325 e. The Hall–Kier alpha value is -1.20. The monoisotopic (exact) mass is 282 g/mol. The maximum absolute atomic E-state index is 11.7. The molecular formula is C14H22N2O2S. The molecule has 1 aromatic rings. The Labute approximate surface area is 117 Å². The number of benzene rings is 1. The molecule has 1 rings (SSSR count). The zero-order valence-electron chi connectivity index (χ0n) is 11.7. The molecule has 0 aliphatic heterocycles. The molecule has 1 amide bonds. The molecule has 19 heavy (non-hydrogen) atoms. The zero-order valence-corrected chi connectivity index (χ0v) is 12.5. The number of amides is 1. The SMILES string of the molecule is Cc1cccc(NC(=O)CNC(C)CCS(C)=O)c1. The van der Waals surface area contributed by atoms with Gasteiger partial charge in [-0.3, -0.25) is 9.00 Å². The molecule has 2 N–H and O–H groups in total. The van der Waals surface area contributed by atoms with Gasteiger partial charge in [-0.1, -0.05) is 12.1 Å². The van der Waals surface area contributed by atoms with Crippen molar-refractivity contribution < 1.29 is 9.00 Å². The summed E-state index contributed by atoms with van der Waals surface area (Å²) in [6, 6.07) is 7.89. The van der Waals surface area contributed by atoms with E-state index in [1.165, 1.54) is 0 Å². The summed E-state index contributed by atoms with van der Waals surface area (Å²) in [5.74, 6) is 0.600. The summed E-state index contributed by atoms with van der Waals surface area (Å²) in [6.45, 7) is 4.25. The highest BCUT2D eigenvalue weighted by Crippen LogP contribution is 2.08. The largest absolute Gasteiger partial charge is 0.325 e. The predicted octanol–water partition coefficient (Wildman–Crippen LogP) is 1.68. The van der Waals surface area contributed by atoms with Gasteiger partial charge in [-0.2, -0.15) is 0 Å². The van der Waals surface area contributed by atoms with Gasteiger partial charge in [0.15, 0.2) is 0 Å². The lowest BCUT2D eigenvalue weighted by atomic mass is 10.2. The highest BCUT2D eigenvalue weighted by Gasteiger charge is 2.06. The topological polar surface area (TPSA) is 58.2 Å². The minimum atomic E-state index is -0.775. The van der Waals surface area contributed by atoms with Gasteiger partial charge in [0.2, 0.25) is 5.91 Å². The number of anilines is 1. The van der Waals surface area contributed by atoms with E-state index in [2.05, 4.69) is 10.6 Å². The summed E-state index contributed by atoms with van der Waals surface area (Å²) in [7, 11) is -0.775. The maximum Gasteiger partial charge on any atom is 0.238 e. The Kier molecular flexibility index (Phi) is 6.73. The van der Waals surface area contributed by atoms with Crippen molar-refractivity contribution in [2.75, 3.05) is 23.9 Å². The van der Waals surface area contributed by atoms with Gasteiger partial charge in [0.1, 0.15) is 0 Å². The lowest BCUT2D eigenvalue weighted by molar-refractivity contribution is -0.115. The van der Waals surface area contributed by atoms with Crippen molar-refractivity contribution in [1.82, 2.24) is 5.32 Å². The van der Waals surface area contributed by atoms with Crippen LogP contribution in [0.1, 0.15) is 18.9 Å². The van der Waals surface area contributed by atoms with Crippen molar-refractivity contribution in [3.8, 4) is 0 Å². The van der Waals surface area contributed by atoms with Crippen molar-refractivity contribution >= 4 is 22.4 Å². The molecule has 0 spiro atoms. The van der Waals surface area contributed by atoms with Crippen molar-refractivity contribution in [1.29, 1.82) is 0 Å². The summed E-state index contributed by atoms with van der Waals surface area (Å²) in [6.07, 6.45) is 2.50. The van der Waals surface area contributed by atoms with E-state index in [-0.39, 0.29) is 18.5 Å². The first-order chi connectivity index (χ1) is 8.97. The van der Waals surface area contributed by atoms with Gasteiger partial charge in [0.05, 0.1) is 6.54 Å². The molecule has 2 atom stereocenters. The normalized spacial score (nSPS) is 13.8. The van der Waals surface area contributed by atoms with Crippen molar-refractivity contribution in [3.05, 3.63) is 29.8 Å². The number of rotatable bonds is 7. The summed E-state index contributed by atoms with van der Waals surface area (Å²) in [5, 5.41) is 5.97. The van der Waals surface area contributed by atoms with Crippen LogP contribution >= 0.6 is 0 Å². The Morgan fingerprint density at radius 3 is 2.79 bits per heavy atom. The Morgan fingerprint density at radius 1 is 1.42 bits per heavy atom. The first-order valence-corrected chi connectivity index (χ1v) is 8.10. The van der Waals surface area contributed by atoms with E-state index < -0.39 is 10.8 Å². The second-order valence-corrected chi connectivity index (χ2v) is 6.32. The third kappa shape index (κ3) is 7.08. The molecule has 2 unspecified atom stereocenters. The van der Waals surface area contributed by atoms with E-state index in [9.17, 15) is 9.00 Å². The van der Waals surface area contributed by atoms with Crippen LogP contribution in [-0.4, -0.2) is 34.7 Å². The molecule has 4 nitrogen and oxygen atoms in total. The smallest absolute Gasteiger partial charge is 0.238 e. The lowest BCUT2D eigenvalue weighted by Gasteiger charge is -2.13. The van der Waals surface area contributed by atoms with Gasteiger partial charge in [-0.25, -0.2) is 0 Å². The fourth-order valence-corrected chi connectivity index (χ4v) is 2.33. The summed E-state index contributed by atoms with van der Waals surface area (Å²) < 4.78 is 11.0. The lowest BCUT2D eigenvalue weighted by Crippen LogP contribution is -2.35. The van der Waals surface area contributed by atoms with E-state index in [1.54, 1.807) is 6.26 Å². The highest BCUT2D eigenvalue weighted by atomic mass is 32.2. The molecule has 0 heterocycles. The number of aryl methyl sites for hydroxylation is 1. The van der Waals surface area contributed by atoms with Gasteiger partial charge < -0.3 is 10.6 Å². The quantitative estimate of drug-likeness (QED) is 0.800. The van der Waals surface area contributed by atoms with Crippen LogP contribution in [0.3, 0.4) is 0 Å². The second-order valence-electron chi connectivity index (χ2n) is 4.77. The number of carbonyl (C=O) groups is 1. The van der Waals surface area contributed by atoms with Gasteiger partial charge in [0, 0.05) is 34.5 Å². The van der Waals surface area contributed by atoms with E-state index in [1.807, 2.05) is 38.1 Å². The first kappa shape index (κ1) is 15.9. The van der Waals surface area contributed by atoms with E-state index in [4.69, 9.17) is 0 Å². The van der Waals surface area contributed by atoms with Gasteiger partial charge in [-0.15, -0.1) is 0 Å². The molecule has 0 aromatic heterocycles. The van der Waals surface area contributed by atoms with E-state index >= 15 is 0 Å². The van der Waals surface area contributed by atoms with Crippen LogP contribution < -0.4 is 10.6 Å². The molecule has 106 valence electrons. The van der Waals surface area contributed by atoms with Crippen LogP contribution in [0.5, 0.6) is 0 Å². The third-order valence-electron chi connectivity index (χ3n) is 2.75. The van der Waals surface area contributed by atoms with Crippen molar-refractivity contribution in [2.24, 2.45) is 0 Å². The number of hydrogen-bond donors (Lipinski definition) is 2. The average Bonchev–Trinajstić information content (AvgIpc) is 2.34. The molecular weight excluding hydrogens is 260 g/mol. The number of hydrogen-bond acceptors (Lipinski definition) is 3. The van der Waals surface area contributed by atoms with E-state index in [0.717, 1.165) is 17.7 Å². The standard InChI is InChI=1S/C14H22N2O2S/c1-11-5-4-6-13(9-11)16-14(17)10-15-12(2)7-8-19(3)18/h4-6,9,12,15H,7-8,10H2,1-3H3,(H,16,17). The molecule has 0 saturated carbocycles. The first-order valence-electron chi connectivity index (χ1n) is 6.37. The molecule has 0 aliphatic carbocycles. The fourth-order valence-electron chi connectivity index (χ4n) is 1.64. The third-order valence-corrected chi connectivity index (χ3v) is 3.56. The minimum absolute atomic E-state index is 0.0601. The number of carbonyl (C=O) groups excluding carboxylic acids is 1. The summed E-state index contributed by atoms with van der Waals surface area (Å²) in [5.41, 5.74) is 1.93. The van der Waals surface area contributed by atoms with Crippen molar-refractivity contribution in [3.63, 3.8) is 0 Å². The fraction of sp³-hybridized carbons (Fsp3) is 0.500. The number of nitrogens with one attached hydrogen (secondary N) is 2. The van der Waals surface area contributed by atoms with Crippen LogP contribution in [-0.2, 0) is 15.6 Å². The van der Waals surface area contributed by atoms with Crippen LogP contribution in [0.2, 0.25) is 0 Å².